The molecule has 0 saturated carbocycles. The minimum absolute atomic E-state index is 0.280. The molecule has 178 valence electrons. The van der Waals surface area contributed by atoms with Crippen LogP contribution in [0.25, 0.3) is 0 Å². The molecule has 1 amide bonds. The summed E-state index contributed by atoms with van der Waals surface area (Å²) in [4.78, 5) is 12.5. The lowest BCUT2D eigenvalue weighted by Gasteiger charge is -2.37. The molecule has 2 aromatic rings. The number of phenols is 1. The second-order valence-electron chi connectivity index (χ2n) is 8.52. The van der Waals surface area contributed by atoms with Gasteiger partial charge in [0.1, 0.15) is 11.6 Å². The third kappa shape index (κ3) is 8.18. The second-order valence-corrected chi connectivity index (χ2v) is 10.8. The van der Waals surface area contributed by atoms with Crippen molar-refractivity contribution in [1.29, 1.82) is 0 Å². The van der Waals surface area contributed by atoms with E-state index in [1.165, 1.54) is 17.7 Å². The fraction of sp³-hybridized carbons (Fsp3) is 0.400. The highest BCUT2D eigenvalue weighted by atomic mass is 35.6. The zero-order valence-electron chi connectivity index (χ0n) is 18.2. The van der Waals surface area contributed by atoms with Gasteiger partial charge in [-0.25, -0.2) is 4.39 Å². The Morgan fingerprint density at radius 3 is 2.58 bits per heavy atom. The van der Waals surface area contributed by atoms with Gasteiger partial charge in [0.2, 0.25) is 0 Å². The summed E-state index contributed by atoms with van der Waals surface area (Å²) in [5, 5.41) is 16.0. The van der Waals surface area contributed by atoms with Gasteiger partial charge in [0.05, 0.1) is 5.54 Å². The summed E-state index contributed by atoms with van der Waals surface area (Å²) >= 11 is 17.5. The Bertz CT molecular complexity index is 976. The number of phenolic OH excluding ortho intramolecular Hbond substituents is 1. The van der Waals surface area contributed by atoms with Gasteiger partial charge >= 0.3 is 0 Å². The summed E-state index contributed by atoms with van der Waals surface area (Å²) in [5.41, 5.74) is 2.44. The molecule has 0 bridgehead atoms. The summed E-state index contributed by atoms with van der Waals surface area (Å²) in [6, 6.07) is 13.5. The molecule has 1 aliphatic rings. The molecule has 3 N–H and O–H groups in total. The Morgan fingerprint density at radius 1 is 1.12 bits per heavy atom. The average Bonchev–Trinajstić information content (AvgIpc) is 2.75. The van der Waals surface area contributed by atoms with E-state index in [9.17, 15) is 14.3 Å². The van der Waals surface area contributed by atoms with E-state index < -0.39 is 15.2 Å². The number of carbonyl (C=O) groups excluding carboxylic acids is 1. The Kier molecular flexibility index (Phi) is 9.05. The van der Waals surface area contributed by atoms with Crippen LogP contribution in [-0.4, -0.2) is 33.4 Å². The minimum Gasteiger partial charge on any atom is -0.508 e. The third-order valence-corrected chi connectivity index (χ3v) is 6.25. The van der Waals surface area contributed by atoms with E-state index in [1.807, 2.05) is 12.1 Å². The molecule has 0 fully saturated rings. The smallest absolute Gasteiger partial charge is 0.272 e. The predicted octanol–water partition coefficient (Wildman–Crippen LogP) is 5.63. The molecule has 0 aromatic heterocycles. The summed E-state index contributed by atoms with van der Waals surface area (Å²) in [6.07, 6.45) is 6.82. The van der Waals surface area contributed by atoms with E-state index in [1.54, 1.807) is 24.3 Å². The SMILES string of the molecule is O=C(NC1(Cc2ccc(F)cc2)C=C(CNCCCc2cccc(O)c2)CCC1)C(Cl)(Cl)Cl. The Labute approximate surface area is 209 Å². The number of halogens is 4. The van der Waals surface area contributed by atoms with Gasteiger partial charge in [-0.3, -0.25) is 4.79 Å². The van der Waals surface area contributed by atoms with Gasteiger partial charge in [0.25, 0.3) is 9.70 Å². The normalized spacial score (nSPS) is 18.6. The van der Waals surface area contributed by atoms with Crippen LogP contribution in [0.4, 0.5) is 4.39 Å². The van der Waals surface area contributed by atoms with Crippen LogP contribution in [0, 0.1) is 5.82 Å². The molecule has 33 heavy (non-hydrogen) atoms. The van der Waals surface area contributed by atoms with Crippen molar-refractivity contribution in [2.75, 3.05) is 13.1 Å². The van der Waals surface area contributed by atoms with E-state index >= 15 is 0 Å². The first-order valence-corrected chi connectivity index (χ1v) is 12.1. The molecule has 0 spiro atoms. The van der Waals surface area contributed by atoms with Crippen LogP contribution in [0.2, 0.25) is 0 Å². The topological polar surface area (TPSA) is 61.4 Å². The molecule has 8 heteroatoms. The maximum atomic E-state index is 13.4. The number of carbonyl (C=O) groups is 1. The van der Waals surface area contributed by atoms with Crippen LogP contribution in [0.5, 0.6) is 5.75 Å². The van der Waals surface area contributed by atoms with Crippen molar-refractivity contribution in [3.8, 4) is 5.75 Å². The third-order valence-electron chi connectivity index (χ3n) is 5.74. The Balaban J connectivity index is 1.64. The summed E-state index contributed by atoms with van der Waals surface area (Å²) in [6.45, 7) is 1.51. The van der Waals surface area contributed by atoms with E-state index in [0.29, 0.717) is 19.4 Å². The quantitative estimate of drug-likeness (QED) is 0.231. The number of nitrogens with one attached hydrogen (secondary N) is 2. The van der Waals surface area contributed by atoms with Crippen LogP contribution in [0.1, 0.15) is 36.8 Å². The first-order valence-electron chi connectivity index (χ1n) is 11.0. The van der Waals surface area contributed by atoms with Crippen molar-refractivity contribution in [2.24, 2.45) is 0 Å². The number of benzene rings is 2. The number of aryl methyl sites for hydroxylation is 1. The average molecular weight is 514 g/mol. The number of alkyl halides is 3. The minimum atomic E-state index is -2.06. The molecule has 1 unspecified atom stereocenters. The molecule has 0 aliphatic heterocycles. The van der Waals surface area contributed by atoms with Gasteiger partial charge in [0, 0.05) is 6.54 Å². The highest BCUT2D eigenvalue weighted by molar-refractivity contribution is 6.76. The first kappa shape index (κ1) is 25.8. The zero-order chi connectivity index (χ0) is 23.9. The molecule has 2 aromatic carbocycles. The molecule has 1 atom stereocenters. The zero-order valence-corrected chi connectivity index (χ0v) is 20.5. The number of hydrogen-bond acceptors (Lipinski definition) is 3. The molecule has 0 radical (unpaired) electrons. The van der Waals surface area contributed by atoms with Crippen molar-refractivity contribution in [1.82, 2.24) is 10.6 Å². The molecule has 0 heterocycles. The van der Waals surface area contributed by atoms with Crippen molar-refractivity contribution in [2.45, 2.75) is 47.9 Å². The van der Waals surface area contributed by atoms with Gasteiger partial charge in [-0.2, -0.15) is 0 Å². The lowest BCUT2D eigenvalue weighted by atomic mass is 9.79. The van der Waals surface area contributed by atoms with Gasteiger partial charge < -0.3 is 15.7 Å². The maximum absolute atomic E-state index is 13.4. The number of aromatic hydroxyl groups is 1. The van der Waals surface area contributed by atoms with Crippen LogP contribution in [-0.2, 0) is 17.6 Å². The number of hydrogen-bond donors (Lipinski definition) is 3. The van der Waals surface area contributed by atoms with Gasteiger partial charge in [0.15, 0.2) is 0 Å². The van der Waals surface area contributed by atoms with Crippen LogP contribution in [0.15, 0.2) is 60.2 Å². The summed E-state index contributed by atoms with van der Waals surface area (Å²) in [5.74, 6) is -0.707. The summed E-state index contributed by atoms with van der Waals surface area (Å²) in [7, 11) is 0. The molecule has 0 saturated heterocycles. The van der Waals surface area contributed by atoms with E-state index in [-0.39, 0.29) is 11.6 Å². The molecule has 3 rings (SSSR count). The maximum Gasteiger partial charge on any atom is 0.272 e. The highest BCUT2D eigenvalue weighted by Crippen LogP contribution is 2.33. The lowest BCUT2D eigenvalue weighted by molar-refractivity contribution is -0.121. The molecule has 1 aliphatic carbocycles. The fourth-order valence-corrected chi connectivity index (χ4v) is 4.37. The lowest BCUT2D eigenvalue weighted by Crippen LogP contribution is -2.53. The number of amides is 1. The molecular weight excluding hydrogens is 486 g/mol. The van der Waals surface area contributed by atoms with Crippen molar-refractivity contribution < 1.29 is 14.3 Å². The van der Waals surface area contributed by atoms with Crippen molar-refractivity contribution >= 4 is 40.7 Å². The second kappa shape index (κ2) is 11.6. The monoisotopic (exact) mass is 512 g/mol. The first-order chi connectivity index (χ1) is 15.7. The van der Waals surface area contributed by atoms with Gasteiger partial charge in [-0.05, 0) is 80.5 Å². The van der Waals surface area contributed by atoms with Crippen LogP contribution >= 0.6 is 34.8 Å². The van der Waals surface area contributed by atoms with Crippen LogP contribution < -0.4 is 10.6 Å². The predicted molar refractivity (Wildman–Crippen MR) is 132 cm³/mol. The van der Waals surface area contributed by atoms with Gasteiger partial charge in [-0.15, -0.1) is 0 Å². The van der Waals surface area contributed by atoms with Gasteiger partial charge in [-0.1, -0.05) is 70.7 Å². The largest absolute Gasteiger partial charge is 0.508 e. The Hall–Kier alpha value is -1.79. The van der Waals surface area contributed by atoms with Crippen LogP contribution in [0.3, 0.4) is 0 Å². The van der Waals surface area contributed by atoms with E-state index in [0.717, 1.165) is 43.4 Å². The Morgan fingerprint density at radius 2 is 1.88 bits per heavy atom. The highest BCUT2D eigenvalue weighted by Gasteiger charge is 2.39. The van der Waals surface area contributed by atoms with Crippen molar-refractivity contribution in [3.63, 3.8) is 0 Å². The van der Waals surface area contributed by atoms with E-state index in [4.69, 9.17) is 34.8 Å². The van der Waals surface area contributed by atoms with Crippen molar-refractivity contribution in [3.05, 3.63) is 77.1 Å². The number of rotatable bonds is 9. The molecule has 4 nitrogen and oxygen atoms in total. The molecular formula is C25H28Cl3FN2O2. The standard InChI is InChI=1S/C25H28Cl3FN2O2/c26-25(27,28)23(33)31-24(15-19-8-10-21(29)11-9-19)12-2-5-20(16-24)17-30-13-3-6-18-4-1-7-22(32)14-18/h1,4,7-11,14,16,30,32H,2-3,5-6,12-13,15,17H2,(H,31,33). The summed E-state index contributed by atoms with van der Waals surface area (Å²) < 4.78 is 11.3. The fourth-order valence-electron chi connectivity index (χ4n) is 4.23. The van der Waals surface area contributed by atoms with E-state index in [2.05, 4.69) is 16.7 Å².